The Morgan fingerprint density at radius 3 is 2.75 bits per heavy atom. The molecule has 0 saturated carbocycles. The zero-order chi connectivity index (χ0) is 11.7. The van der Waals surface area contributed by atoms with Crippen LogP contribution in [0.3, 0.4) is 0 Å². The van der Waals surface area contributed by atoms with Crippen molar-refractivity contribution in [1.29, 1.82) is 0 Å². The zero-order valence-electron chi connectivity index (χ0n) is 8.43. The third-order valence-corrected chi connectivity index (χ3v) is 2.02. The average Bonchev–Trinajstić information content (AvgIpc) is 2.19. The van der Waals surface area contributed by atoms with Gasteiger partial charge in [0.15, 0.2) is 11.6 Å². The van der Waals surface area contributed by atoms with E-state index in [9.17, 15) is 9.90 Å². The standard InChI is InChI=1S/C10H9N3O3/c1-5-2-3-6-7(11-5)4-8(14)9(12-6)13-10(15)16/h2-4,14H,1H3,(H,12,13)(H,15,16). The first-order valence-electron chi connectivity index (χ1n) is 4.53. The van der Waals surface area contributed by atoms with Crippen molar-refractivity contribution in [2.75, 3.05) is 5.32 Å². The molecule has 2 heterocycles. The SMILES string of the molecule is Cc1ccc2nc(NC(=O)O)c(O)cc2n1. The van der Waals surface area contributed by atoms with E-state index in [-0.39, 0.29) is 11.6 Å². The van der Waals surface area contributed by atoms with E-state index in [0.29, 0.717) is 11.0 Å². The Hall–Kier alpha value is -2.37. The largest absolute Gasteiger partial charge is 0.504 e. The predicted octanol–water partition coefficient (Wildman–Crippen LogP) is 1.73. The Balaban J connectivity index is 2.58. The van der Waals surface area contributed by atoms with Crippen molar-refractivity contribution >= 4 is 22.9 Å². The van der Waals surface area contributed by atoms with E-state index in [0.717, 1.165) is 5.69 Å². The lowest BCUT2D eigenvalue weighted by molar-refractivity contribution is 0.209. The van der Waals surface area contributed by atoms with Crippen LogP contribution in [0.1, 0.15) is 5.69 Å². The van der Waals surface area contributed by atoms with Crippen molar-refractivity contribution in [1.82, 2.24) is 9.97 Å². The van der Waals surface area contributed by atoms with Crippen LogP contribution < -0.4 is 5.32 Å². The maximum atomic E-state index is 10.4. The highest BCUT2D eigenvalue weighted by Crippen LogP contribution is 2.24. The van der Waals surface area contributed by atoms with Gasteiger partial charge < -0.3 is 10.2 Å². The number of aromatic hydroxyl groups is 1. The molecular weight excluding hydrogens is 210 g/mol. The third kappa shape index (κ3) is 1.85. The number of anilines is 1. The summed E-state index contributed by atoms with van der Waals surface area (Å²) in [7, 11) is 0. The number of nitrogens with one attached hydrogen (secondary N) is 1. The first-order chi connectivity index (χ1) is 7.56. The van der Waals surface area contributed by atoms with Crippen LogP contribution in [0.4, 0.5) is 10.6 Å². The molecule has 0 spiro atoms. The Kier molecular flexibility index (Phi) is 2.32. The molecule has 0 bridgehead atoms. The third-order valence-electron chi connectivity index (χ3n) is 2.02. The molecule has 0 unspecified atom stereocenters. The molecule has 2 aromatic rings. The van der Waals surface area contributed by atoms with Gasteiger partial charge in [0.05, 0.1) is 11.0 Å². The number of nitrogens with zero attached hydrogens (tertiary/aromatic N) is 2. The van der Waals surface area contributed by atoms with Gasteiger partial charge in [-0.2, -0.15) is 0 Å². The fraction of sp³-hybridized carbons (Fsp3) is 0.100. The molecule has 16 heavy (non-hydrogen) atoms. The topological polar surface area (TPSA) is 95.3 Å². The first-order valence-corrected chi connectivity index (χ1v) is 4.53. The molecule has 0 radical (unpaired) electrons. The molecule has 0 aliphatic carbocycles. The van der Waals surface area contributed by atoms with Crippen LogP contribution in [0.25, 0.3) is 11.0 Å². The molecule has 0 atom stereocenters. The van der Waals surface area contributed by atoms with Crippen molar-refractivity contribution in [3.8, 4) is 5.75 Å². The smallest absolute Gasteiger partial charge is 0.410 e. The maximum absolute atomic E-state index is 10.4. The quantitative estimate of drug-likeness (QED) is 0.678. The molecule has 0 aliphatic rings. The van der Waals surface area contributed by atoms with Gasteiger partial charge >= 0.3 is 6.09 Å². The monoisotopic (exact) mass is 219 g/mol. The lowest BCUT2D eigenvalue weighted by Gasteiger charge is -2.05. The van der Waals surface area contributed by atoms with Crippen LogP contribution in [-0.4, -0.2) is 26.3 Å². The van der Waals surface area contributed by atoms with E-state index in [1.165, 1.54) is 6.07 Å². The van der Waals surface area contributed by atoms with Crippen LogP contribution in [0.2, 0.25) is 0 Å². The summed E-state index contributed by atoms with van der Waals surface area (Å²) >= 11 is 0. The number of hydrogen-bond acceptors (Lipinski definition) is 4. The Morgan fingerprint density at radius 1 is 1.31 bits per heavy atom. The van der Waals surface area contributed by atoms with Gasteiger partial charge in [0.1, 0.15) is 0 Å². The summed E-state index contributed by atoms with van der Waals surface area (Å²) < 4.78 is 0. The van der Waals surface area contributed by atoms with E-state index < -0.39 is 6.09 Å². The molecule has 2 aromatic heterocycles. The highest BCUT2D eigenvalue weighted by Gasteiger charge is 2.08. The van der Waals surface area contributed by atoms with E-state index in [1.807, 2.05) is 12.2 Å². The van der Waals surface area contributed by atoms with Gasteiger partial charge in [-0.1, -0.05) is 0 Å². The van der Waals surface area contributed by atoms with Crippen molar-refractivity contribution < 1.29 is 15.0 Å². The van der Waals surface area contributed by atoms with E-state index in [1.54, 1.807) is 12.1 Å². The van der Waals surface area contributed by atoms with Crippen LogP contribution >= 0.6 is 0 Å². The van der Waals surface area contributed by atoms with E-state index in [2.05, 4.69) is 9.97 Å². The van der Waals surface area contributed by atoms with Gasteiger partial charge in [0.25, 0.3) is 0 Å². The van der Waals surface area contributed by atoms with Crippen molar-refractivity contribution in [2.24, 2.45) is 0 Å². The highest BCUT2D eigenvalue weighted by atomic mass is 16.4. The fourth-order valence-electron chi connectivity index (χ4n) is 1.34. The second kappa shape index (κ2) is 3.65. The molecule has 0 aromatic carbocycles. The molecule has 0 fully saturated rings. The van der Waals surface area contributed by atoms with Crippen molar-refractivity contribution in [3.63, 3.8) is 0 Å². The summed E-state index contributed by atoms with van der Waals surface area (Å²) in [5.41, 5.74) is 1.84. The number of rotatable bonds is 1. The number of aryl methyl sites for hydroxylation is 1. The zero-order valence-corrected chi connectivity index (χ0v) is 8.43. The Bertz CT molecular complexity index is 568. The van der Waals surface area contributed by atoms with Gasteiger partial charge in [-0.15, -0.1) is 0 Å². The van der Waals surface area contributed by atoms with Crippen LogP contribution in [0, 0.1) is 6.92 Å². The average molecular weight is 219 g/mol. The van der Waals surface area contributed by atoms with E-state index in [4.69, 9.17) is 5.11 Å². The van der Waals surface area contributed by atoms with Gasteiger partial charge in [-0.25, -0.2) is 9.78 Å². The van der Waals surface area contributed by atoms with E-state index >= 15 is 0 Å². The number of carboxylic acid groups (broad SMARTS) is 1. The normalized spacial score (nSPS) is 10.3. The molecule has 0 aliphatic heterocycles. The summed E-state index contributed by atoms with van der Waals surface area (Å²) in [6.07, 6.45) is -1.28. The minimum atomic E-state index is -1.28. The second-order valence-corrected chi connectivity index (χ2v) is 3.28. The molecule has 82 valence electrons. The summed E-state index contributed by atoms with van der Waals surface area (Å²) in [6, 6.07) is 4.85. The molecule has 1 amide bonds. The lowest BCUT2D eigenvalue weighted by Crippen LogP contribution is -2.09. The minimum Gasteiger partial charge on any atom is -0.504 e. The summed E-state index contributed by atoms with van der Waals surface area (Å²) in [6.45, 7) is 1.82. The first kappa shape index (κ1) is 10.2. The van der Waals surface area contributed by atoms with Gasteiger partial charge in [-0.05, 0) is 19.1 Å². The number of hydrogen-bond donors (Lipinski definition) is 3. The molecule has 2 rings (SSSR count). The summed E-state index contributed by atoms with van der Waals surface area (Å²) in [4.78, 5) is 18.5. The summed E-state index contributed by atoms with van der Waals surface area (Å²) in [5.74, 6) is -0.335. The molecular formula is C10H9N3O3. The van der Waals surface area contributed by atoms with Crippen molar-refractivity contribution in [2.45, 2.75) is 6.92 Å². The van der Waals surface area contributed by atoms with Gasteiger partial charge in [0, 0.05) is 11.8 Å². The molecule has 6 heteroatoms. The number of aromatic nitrogens is 2. The highest BCUT2D eigenvalue weighted by molar-refractivity contribution is 5.87. The second-order valence-electron chi connectivity index (χ2n) is 3.28. The predicted molar refractivity (Wildman–Crippen MR) is 57.6 cm³/mol. The van der Waals surface area contributed by atoms with Gasteiger partial charge in [0.2, 0.25) is 0 Å². The number of pyridine rings is 2. The van der Waals surface area contributed by atoms with Crippen LogP contribution in [-0.2, 0) is 0 Å². The van der Waals surface area contributed by atoms with Crippen LogP contribution in [0.5, 0.6) is 5.75 Å². The summed E-state index contributed by atoms with van der Waals surface area (Å²) in [5, 5.41) is 20.1. The van der Waals surface area contributed by atoms with Crippen LogP contribution in [0.15, 0.2) is 18.2 Å². The number of fused-ring (bicyclic) bond motifs is 1. The molecule has 3 N–H and O–H groups in total. The number of carbonyl (C=O) groups is 1. The number of amides is 1. The Morgan fingerprint density at radius 2 is 2.06 bits per heavy atom. The maximum Gasteiger partial charge on any atom is 0.410 e. The van der Waals surface area contributed by atoms with Gasteiger partial charge in [-0.3, -0.25) is 10.3 Å². The fourth-order valence-corrected chi connectivity index (χ4v) is 1.34. The molecule has 6 nitrogen and oxygen atoms in total. The molecule has 0 saturated heterocycles. The minimum absolute atomic E-state index is 0.0920. The van der Waals surface area contributed by atoms with Crippen molar-refractivity contribution in [3.05, 3.63) is 23.9 Å². The Labute approximate surface area is 90.6 Å². The lowest BCUT2D eigenvalue weighted by atomic mass is 10.2.